The number of carbonyl (C=O) groups excluding carboxylic acids is 2. The molecule has 3 unspecified atom stereocenters. The molecule has 10 heteroatoms. The van der Waals surface area contributed by atoms with Crippen LogP contribution >= 0.6 is 7.82 Å². The highest BCUT2D eigenvalue weighted by molar-refractivity contribution is 7.47. The van der Waals surface area contributed by atoms with Gasteiger partial charge in [-0.3, -0.25) is 18.6 Å². The summed E-state index contributed by atoms with van der Waals surface area (Å²) < 4.78 is 30.7. The first-order valence-corrected chi connectivity index (χ1v) is 33.1. The zero-order valence-electron chi connectivity index (χ0n) is 50.7. The number of phosphoric ester groups is 1. The lowest BCUT2D eigenvalue weighted by molar-refractivity contribution is -0.870. The number of amides is 1. The van der Waals surface area contributed by atoms with Crippen molar-refractivity contribution in [3.63, 3.8) is 0 Å². The molecule has 3 atom stereocenters. The Labute approximate surface area is 475 Å². The minimum absolute atomic E-state index is 0.0285. The first-order valence-electron chi connectivity index (χ1n) is 31.6. The van der Waals surface area contributed by atoms with Gasteiger partial charge in [0.05, 0.1) is 33.8 Å². The van der Waals surface area contributed by atoms with E-state index in [4.69, 9.17) is 13.8 Å². The third-order valence-electron chi connectivity index (χ3n) is 13.5. The number of hydrogen-bond donors (Lipinski definition) is 2. The quantitative estimate of drug-likeness (QED) is 0.0205. The van der Waals surface area contributed by atoms with Gasteiger partial charge in [0.15, 0.2) is 0 Å². The largest absolute Gasteiger partial charge is 0.472 e. The maximum Gasteiger partial charge on any atom is 0.472 e. The average Bonchev–Trinajstić information content (AvgIpc) is 3.39. The summed E-state index contributed by atoms with van der Waals surface area (Å²) in [4.78, 5) is 37.8. The van der Waals surface area contributed by atoms with E-state index < -0.39 is 20.0 Å². The van der Waals surface area contributed by atoms with Crippen molar-refractivity contribution in [2.75, 3.05) is 40.9 Å². The van der Waals surface area contributed by atoms with E-state index >= 15 is 0 Å². The smallest absolute Gasteiger partial charge is 0.456 e. The Bertz CT molecular complexity index is 1640. The van der Waals surface area contributed by atoms with Gasteiger partial charge >= 0.3 is 13.8 Å². The van der Waals surface area contributed by atoms with Gasteiger partial charge < -0.3 is 19.4 Å². The number of carbonyl (C=O) groups is 2. The average molecular weight is 1100 g/mol. The number of allylic oxidation sites excluding steroid dienone is 15. The lowest BCUT2D eigenvalue weighted by atomic mass is 10.0. The van der Waals surface area contributed by atoms with Crippen LogP contribution in [-0.2, 0) is 27.9 Å². The second-order valence-corrected chi connectivity index (χ2v) is 23.6. The molecule has 0 aliphatic heterocycles. The summed E-state index contributed by atoms with van der Waals surface area (Å²) in [5, 5.41) is 3.04. The number of nitrogens with zero attached hydrogens (tertiary/aromatic N) is 1. The molecule has 0 aromatic heterocycles. The van der Waals surface area contributed by atoms with Crippen LogP contribution < -0.4 is 5.32 Å². The van der Waals surface area contributed by atoms with Crippen molar-refractivity contribution in [2.45, 2.75) is 277 Å². The minimum Gasteiger partial charge on any atom is -0.456 e. The fourth-order valence-electron chi connectivity index (χ4n) is 8.64. The second-order valence-electron chi connectivity index (χ2n) is 22.2. The maximum absolute atomic E-state index is 13.5. The van der Waals surface area contributed by atoms with Crippen LogP contribution in [0.1, 0.15) is 265 Å². The minimum atomic E-state index is -4.47. The number of quaternary nitrogens is 1. The summed E-state index contributed by atoms with van der Waals surface area (Å²) >= 11 is 0. The molecule has 0 bridgehead atoms. The van der Waals surface area contributed by atoms with Crippen LogP contribution in [0.4, 0.5) is 0 Å². The molecule has 0 saturated carbocycles. The van der Waals surface area contributed by atoms with Crippen LogP contribution in [-0.4, -0.2) is 74.3 Å². The summed E-state index contributed by atoms with van der Waals surface area (Å²) in [6.07, 6.45) is 75.4. The predicted molar refractivity (Wildman–Crippen MR) is 332 cm³/mol. The molecule has 0 spiro atoms. The van der Waals surface area contributed by atoms with Crippen LogP contribution in [0, 0.1) is 0 Å². The topological polar surface area (TPSA) is 111 Å². The zero-order valence-corrected chi connectivity index (χ0v) is 51.6. The van der Waals surface area contributed by atoms with Crippen molar-refractivity contribution < 1.29 is 37.3 Å². The van der Waals surface area contributed by atoms with Crippen molar-refractivity contribution in [3.05, 3.63) is 97.2 Å². The first kappa shape index (κ1) is 73.9. The number of nitrogens with one attached hydrogen (secondary N) is 1. The second kappa shape index (κ2) is 56.2. The van der Waals surface area contributed by atoms with Crippen molar-refractivity contribution in [1.29, 1.82) is 0 Å². The van der Waals surface area contributed by atoms with E-state index in [1.54, 1.807) is 0 Å². The normalized spacial score (nSPS) is 14.3. The molecule has 0 saturated heterocycles. The lowest BCUT2D eigenvalue weighted by Crippen LogP contribution is -2.47. The van der Waals surface area contributed by atoms with Gasteiger partial charge in [0.25, 0.3) is 0 Å². The lowest BCUT2D eigenvalue weighted by Gasteiger charge is -2.27. The Kier molecular flexibility index (Phi) is 54.0. The monoisotopic (exact) mass is 1100 g/mol. The number of unbranched alkanes of at least 4 members (excludes halogenated alkanes) is 26. The number of rotatable bonds is 56. The van der Waals surface area contributed by atoms with Crippen molar-refractivity contribution in [1.82, 2.24) is 5.32 Å². The van der Waals surface area contributed by atoms with Gasteiger partial charge in [-0.05, 0) is 109 Å². The van der Waals surface area contributed by atoms with Gasteiger partial charge in [-0.2, -0.15) is 0 Å². The third-order valence-corrected chi connectivity index (χ3v) is 14.5. The highest BCUT2D eigenvalue weighted by atomic mass is 31.2. The molecule has 77 heavy (non-hydrogen) atoms. The van der Waals surface area contributed by atoms with Crippen molar-refractivity contribution in [2.24, 2.45) is 0 Å². The zero-order chi connectivity index (χ0) is 56.4. The molecule has 1 amide bonds. The molecular weight excluding hydrogens is 976 g/mol. The molecule has 0 fully saturated rings. The Morgan fingerprint density at radius 2 is 0.831 bits per heavy atom. The van der Waals surface area contributed by atoms with E-state index in [9.17, 15) is 19.0 Å². The predicted octanol–water partition coefficient (Wildman–Crippen LogP) is 19.6. The molecular formula is C67H120N2O7P+. The molecule has 2 N–H and O–H groups in total. The summed E-state index contributed by atoms with van der Waals surface area (Å²) in [6.45, 7) is 6.85. The molecule has 0 radical (unpaired) electrons. The number of likely N-dealkylation sites (N-methyl/N-ethyl adjacent to an activating group) is 1. The van der Waals surface area contributed by atoms with Gasteiger partial charge in [-0.15, -0.1) is 0 Å². The fraction of sp³-hybridized carbons (Fsp3) is 0.731. The van der Waals surface area contributed by atoms with E-state index in [1.165, 1.54) is 116 Å². The molecule has 0 aliphatic carbocycles. The van der Waals surface area contributed by atoms with Gasteiger partial charge in [-0.25, -0.2) is 4.57 Å². The summed E-state index contributed by atoms with van der Waals surface area (Å²) in [5.74, 6) is -0.549. The van der Waals surface area contributed by atoms with Crippen LogP contribution in [0.15, 0.2) is 97.2 Å². The number of hydrogen-bond acceptors (Lipinski definition) is 6. The molecule has 9 nitrogen and oxygen atoms in total. The highest BCUT2D eigenvalue weighted by Crippen LogP contribution is 2.43. The Morgan fingerprint density at radius 3 is 1.29 bits per heavy atom. The standard InChI is InChI=1S/C67H119N2O7P/c1-7-10-13-16-19-22-25-28-30-32-34-36-38-41-44-47-50-53-56-59-66(70)68-64(63-75-77(72,73)74-62-61-69(4,5)6)65(58-55-52-49-46-43-40-27-24-21-18-15-12-9-3)76-67(71)60-57-54-51-48-45-42-39-37-35-33-31-29-26-23-20-17-14-11-8-2/h10,13,19-20,22-23,28-31,34,36,41,44,55,58,64-65H,7-9,11-12,14-18,21,24-27,32-33,35,37-40,42-43,45-54,56-57,59-63H2,1-6H3,(H-,68,70,72,73)/p+1/b13-10-,22-19-,23-20-,30-28-,31-29-,36-34-,44-41-,58-55+. The molecule has 0 aromatic carbocycles. The Balaban J connectivity index is 5.35. The van der Waals surface area contributed by atoms with Crippen molar-refractivity contribution >= 4 is 19.7 Å². The van der Waals surface area contributed by atoms with Gasteiger partial charge in [-0.1, -0.05) is 240 Å². The molecule has 444 valence electrons. The number of ether oxygens (including phenoxy) is 1. The Hall–Kier alpha value is -3.07. The van der Waals surface area contributed by atoms with Crippen LogP contribution in [0.2, 0.25) is 0 Å². The number of esters is 1. The SMILES string of the molecule is CC/C=C\C/C=C\C/C=C\C/C=C\C/C=C\CCCCCC(=O)NC(COP(=O)(O)OCC[N+](C)(C)C)C(/C=C/CCCCCCCCCCCCC)OC(=O)CCCCCCCCCCC/C=C\C/C=C\CCCCC. The van der Waals surface area contributed by atoms with Crippen LogP contribution in [0.3, 0.4) is 0 Å². The van der Waals surface area contributed by atoms with E-state index in [-0.39, 0.29) is 37.9 Å². The summed E-state index contributed by atoms with van der Waals surface area (Å²) in [5.41, 5.74) is 0. The first-order chi connectivity index (χ1) is 37.4. The van der Waals surface area contributed by atoms with Gasteiger partial charge in [0, 0.05) is 12.8 Å². The molecule has 0 heterocycles. The van der Waals surface area contributed by atoms with E-state index in [1.807, 2.05) is 33.3 Å². The van der Waals surface area contributed by atoms with Gasteiger partial charge in [0.1, 0.15) is 19.3 Å². The Morgan fingerprint density at radius 1 is 0.468 bits per heavy atom. The van der Waals surface area contributed by atoms with E-state index in [2.05, 4.69) is 111 Å². The highest BCUT2D eigenvalue weighted by Gasteiger charge is 2.30. The molecule has 0 aliphatic rings. The fourth-order valence-corrected chi connectivity index (χ4v) is 9.38. The molecule has 0 aromatic rings. The van der Waals surface area contributed by atoms with E-state index in [0.717, 1.165) is 109 Å². The summed E-state index contributed by atoms with van der Waals surface area (Å²) in [7, 11) is 1.46. The van der Waals surface area contributed by atoms with Crippen LogP contribution in [0.25, 0.3) is 0 Å². The van der Waals surface area contributed by atoms with Gasteiger partial charge in [0.2, 0.25) is 5.91 Å². The summed E-state index contributed by atoms with van der Waals surface area (Å²) in [6, 6.07) is -0.873. The molecule has 0 rings (SSSR count). The van der Waals surface area contributed by atoms with E-state index in [0.29, 0.717) is 17.4 Å². The third kappa shape index (κ3) is 57.4. The number of phosphoric acid groups is 1. The van der Waals surface area contributed by atoms with Crippen molar-refractivity contribution in [3.8, 4) is 0 Å². The van der Waals surface area contributed by atoms with Crippen LogP contribution in [0.5, 0.6) is 0 Å². The maximum atomic E-state index is 13.5.